The number of hydrogen-bond donors (Lipinski definition) is 1. The second kappa shape index (κ2) is 9.03. The lowest BCUT2D eigenvalue weighted by Crippen LogP contribution is -2.15. The van der Waals surface area contributed by atoms with Crippen molar-refractivity contribution in [3.05, 3.63) is 60.6 Å². The Morgan fingerprint density at radius 1 is 1.18 bits per heavy atom. The molecule has 0 radical (unpaired) electrons. The number of amides is 1. The summed E-state index contributed by atoms with van der Waals surface area (Å²) >= 11 is 0. The minimum atomic E-state index is -0.270. The van der Waals surface area contributed by atoms with E-state index < -0.39 is 0 Å². The van der Waals surface area contributed by atoms with Crippen molar-refractivity contribution in [2.45, 2.75) is 20.3 Å². The van der Waals surface area contributed by atoms with Crippen molar-refractivity contribution < 1.29 is 14.3 Å². The molecule has 0 aliphatic rings. The number of nitrogens with zero attached hydrogens (tertiary/aromatic N) is 3. The van der Waals surface area contributed by atoms with E-state index in [1.807, 2.05) is 0 Å². The summed E-state index contributed by atoms with van der Waals surface area (Å²) in [6.07, 6.45) is 6.02. The molecule has 1 aromatic carbocycles. The lowest BCUT2D eigenvalue weighted by molar-refractivity contribution is 0.102. The molecule has 3 rings (SSSR count). The van der Waals surface area contributed by atoms with Gasteiger partial charge in [0.1, 0.15) is 0 Å². The largest absolute Gasteiger partial charge is 0.493 e. The van der Waals surface area contributed by atoms with Gasteiger partial charge in [0.15, 0.2) is 17.3 Å². The first-order valence-electron chi connectivity index (χ1n) is 9.15. The Kier molecular flexibility index (Phi) is 6.26. The predicted molar refractivity (Wildman–Crippen MR) is 107 cm³/mol. The number of carbonyl (C=O) groups excluding carboxylic acids is 1. The number of anilines is 1. The molecule has 28 heavy (non-hydrogen) atoms. The zero-order valence-corrected chi connectivity index (χ0v) is 16.3. The Morgan fingerprint density at radius 3 is 2.75 bits per heavy atom. The molecule has 1 N–H and O–H groups in total. The van der Waals surface area contributed by atoms with E-state index in [1.54, 1.807) is 66.8 Å². The summed E-state index contributed by atoms with van der Waals surface area (Å²) in [5.41, 5.74) is 1.02. The van der Waals surface area contributed by atoms with Crippen molar-refractivity contribution in [1.29, 1.82) is 0 Å². The normalized spacial score (nSPS) is 10.7. The SMILES string of the molecule is COc1cc(C(=O)Nc2cccnc2-n2cccn2)ccc1OCCC(C)C. The zero-order chi connectivity index (χ0) is 19.9. The van der Waals surface area contributed by atoms with Crippen LogP contribution in [0.3, 0.4) is 0 Å². The predicted octanol–water partition coefficient (Wildman–Crippen LogP) is 3.95. The fourth-order valence-corrected chi connectivity index (χ4v) is 2.60. The molecule has 0 aliphatic carbocycles. The first-order valence-corrected chi connectivity index (χ1v) is 9.15. The van der Waals surface area contributed by atoms with Crippen molar-refractivity contribution in [2.24, 2.45) is 5.92 Å². The van der Waals surface area contributed by atoms with E-state index in [-0.39, 0.29) is 5.91 Å². The molecule has 0 fully saturated rings. The fraction of sp³-hybridized carbons (Fsp3) is 0.286. The lowest BCUT2D eigenvalue weighted by Gasteiger charge is -2.14. The van der Waals surface area contributed by atoms with Crippen LogP contribution in [0.5, 0.6) is 11.5 Å². The van der Waals surface area contributed by atoms with Crippen molar-refractivity contribution in [2.75, 3.05) is 19.0 Å². The Labute approximate surface area is 164 Å². The topological polar surface area (TPSA) is 78.3 Å². The van der Waals surface area contributed by atoms with Gasteiger partial charge >= 0.3 is 0 Å². The number of aromatic nitrogens is 3. The molecule has 0 unspecified atom stereocenters. The minimum absolute atomic E-state index is 0.270. The van der Waals surface area contributed by atoms with Crippen LogP contribution in [0.25, 0.3) is 5.82 Å². The molecule has 146 valence electrons. The van der Waals surface area contributed by atoms with Crippen LogP contribution in [0.1, 0.15) is 30.6 Å². The molecule has 0 aliphatic heterocycles. The van der Waals surface area contributed by atoms with Gasteiger partial charge in [0.2, 0.25) is 0 Å². The van der Waals surface area contributed by atoms with E-state index in [9.17, 15) is 4.79 Å². The van der Waals surface area contributed by atoms with Gasteiger partial charge in [0.25, 0.3) is 5.91 Å². The summed E-state index contributed by atoms with van der Waals surface area (Å²) < 4.78 is 12.8. The highest BCUT2D eigenvalue weighted by Crippen LogP contribution is 2.29. The van der Waals surface area contributed by atoms with Crippen LogP contribution in [0.2, 0.25) is 0 Å². The first-order chi connectivity index (χ1) is 13.6. The molecule has 3 aromatic rings. The molecular formula is C21H24N4O3. The molecule has 0 saturated heterocycles. The van der Waals surface area contributed by atoms with Crippen LogP contribution >= 0.6 is 0 Å². The second-order valence-electron chi connectivity index (χ2n) is 6.68. The van der Waals surface area contributed by atoms with Gasteiger partial charge in [-0.3, -0.25) is 4.79 Å². The summed E-state index contributed by atoms with van der Waals surface area (Å²) in [7, 11) is 1.56. The van der Waals surface area contributed by atoms with E-state index in [0.29, 0.717) is 41.1 Å². The Balaban J connectivity index is 1.77. The quantitative estimate of drug-likeness (QED) is 0.640. The molecular weight excluding hydrogens is 356 g/mol. The van der Waals surface area contributed by atoms with Crippen molar-refractivity contribution in [3.8, 4) is 17.3 Å². The monoisotopic (exact) mass is 380 g/mol. The first kappa shape index (κ1) is 19.4. The number of methoxy groups -OCH3 is 1. The molecule has 0 saturated carbocycles. The summed E-state index contributed by atoms with van der Waals surface area (Å²) in [6.45, 7) is 4.89. The molecule has 0 bridgehead atoms. The smallest absolute Gasteiger partial charge is 0.255 e. The third-order valence-corrected chi connectivity index (χ3v) is 4.13. The van der Waals surface area contributed by atoms with Gasteiger partial charge in [0.05, 0.1) is 19.4 Å². The number of rotatable bonds is 8. The Bertz CT molecular complexity index is 923. The minimum Gasteiger partial charge on any atom is -0.493 e. The maximum Gasteiger partial charge on any atom is 0.255 e. The summed E-state index contributed by atoms with van der Waals surface area (Å²) in [5, 5.41) is 7.06. The number of carbonyl (C=O) groups is 1. The Hall–Kier alpha value is -3.35. The fourth-order valence-electron chi connectivity index (χ4n) is 2.60. The number of ether oxygens (including phenoxy) is 2. The van der Waals surface area contributed by atoms with Gasteiger partial charge in [-0.1, -0.05) is 13.8 Å². The average Bonchev–Trinajstić information content (AvgIpc) is 3.23. The highest BCUT2D eigenvalue weighted by molar-refractivity contribution is 6.05. The zero-order valence-electron chi connectivity index (χ0n) is 16.3. The molecule has 0 spiro atoms. The number of hydrogen-bond acceptors (Lipinski definition) is 5. The molecule has 2 aromatic heterocycles. The molecule has 1 amide bonds. The Morgan fingerprint density at radius 2 is 2.04 bits per heavy atom. The van der Waals surface area contributed by atoms with E-state index in [0.717, 1.165) is 6.42 Å². The van der Waals surface area contributed by atoms with Gasteiger partial charge in [-0.15, -0.1) is 0 Å². The summed E-state index contributed by atoms with van der Waals surface area (Å²) in [5.74, 6) is 1.97. The van der Waals surface area contributed by atoms with Crippen LogP contribution < -0.4 is 14.8 Å². The molecule has 2 heterocycles. The van der Waals surface area contributed by atoms with Crippen molar-refractivity contribution >= 4 is 11.6 Å². The maximum atomic E-state index is 12.8. The van der Waals surface area contributed by atoms with Crippen LogP contribution in [-0.4, -0.2) is 34.4 Å². The number of pyridine rings is 1. The van der Waals surface area contributed by atoms with Gasteiger partial charge < -0.3 is 14.8 Å². The van der Waals surface area contributed by atoms with E-state index in [1.165, 1.54) is 0 Å². The summed E-state index contributed by atoms with van der Waals surface area (Å²) in [4.78, 5) is 17.1. The van der Waals surface area contributed by atoms with Crippen LogP contribution in [-0.2, 0) is 0 Å². The highest BCUT2D eigenvalue weighted by atomic mass is 16.5. The van der Waals surface area contributed by atoms with E-state index in [4.69, 9.17) is 9.47 Å². The number of benzene rings is 1. The highest BCUT2D eigenvalue weighted by Gasteiger charge is 2.14. The maximum absolute atomic E-state index is 12.8. The second-order valence-corrected chi connectivity index (χ2v) is 6.68. The van der Waals surface area contributed by atoms with E-state index >= 15 is 0 Å². The van der Waals surface area contributed by atoms with Gasteiger partial charge in [0, 0.05) is 24.2 Å². The van der Waals surface area contributed by atoms with Crippen LogP contribution in [0.4, 0.5) is 5.69 Å². The van der Waals surface area contributed by atoms with Gasteiger partial charge in [-0.25, -0.2) is 9.67 Å². The third-order valence-electron chi connectivity index (χ3n) is 4.13. The lowest BCUT2D eigenvalue weighted by atomic mass is 10.1. The molecule has 7 heteroatoms. The molecule has 7 nitrogen and oxygen atoms in total. The standard InChI is InChI=1S/C21H24N4O3/c1-15(2)9-13-28-18-8-7-16(14-19(18)27-3)21(26)24-17-6-4-10-22-20(17)25-12-5-11-23-25/h4-8,10-12,14-15H,9,13H2,1-3H3,(H,24,26). The average molecular weight is 380 g/mol. The van der Waals surface area contributed by atoms with Gasteiger partial charge in [-0.2, -0.15) is 5.10 Å². The van der Waals surface area contributed by atoms with E-state index in [2.05, 4.69) is 29.2 Å². The van der Waals surface area contributed by atoms with Crippen molar-refractivity contribution in [3.63, 3.8) is 0 Å². The third kappa shape index (κ3) is 4.68. The number of nitrogens with one attached hydrogen (secondary N) is 1. The van der Waals surface area contributed by atoms with Crippen molar-refractivity contribution in [1.82, 2.24) is 14.8 Å². The summed E-state index contributed by atoms with van der Waals surface area (Å²) in [6, 6.07) is 10.5. The van der Waals surface area contributed by atoms with Gasteiger partial charge in [-0.05, 0) is 48.7 Å². The molecule has 0 atom stereocenters. The van der Waals surface area contributed by atoms with Crippen LogP contribution in [0, 0.1) is 5.92 Å². The van der Waals surface area contributed by atoms with Crippen LogP contribution in [0.15, 0.2) is 55.0 Å².